The third-order valence-electron chi connectivity index (χ3n) is 2.96. The number of hydrogen-bond acceptors (Lipinski definition) is 4. The summed E-state index contributed by atoms with van der Waals surface area (Å²) in [5, 5.41) is 18.3. The number of carbonyl (C=O) groups is 2. The van der Waals surface area contributed by atoms with Gasteiger partial charge in [-0.15, -0.1) is 0 Å². The maximum Gasteiger partial charge on any atom is 0.163 e. The molecule has 0 aliphatic heterocycles. The molecule has 0 aromatic heterocycles. The molecule has 0 heterocycles. The molecule has 2 aromatic carbocycles. The molecule has 0 spiro atoms. The first kappa shape index (κ1) is 13.8. The molecule has 20 heavy (non-hydrogen) atoms. The minimum atomic E-state index is -0.142. The Balaban J connectivity index is 1.94. The van der Waals surface area contributed by atoms with Crippen LogP contribution < -0.4 is 0 Å². The van der Waals surface area contributed by atoms with Crippen molar-refractivity contribution in [2.45, 2.75) is 12.8 Å². The van der Waals surface area contributed by atoms with Crippen molar-refractivity contribution in [2.75, 3.05) is 0 Å². The Morgan fingerprint density at radius 3 is 1.25 bits per heavy atom. The van der Waals surface area contributed by atoms with E-state index in [9.17, 15) is 9.59 Å². The normalized spacial score (nSPS) is 10.2. The molecule has 0 unspecified atom stereocenters. The summed E-state index contributed by atoms with van der Waals surface area (Å²) in [6.07, 6.45) is 0.231. The van der Waals surface area contributed by atoms with Crippen molar-refractivity contribution in [2.24, 2.45) is 0 Å². The number of phenolic OH excluding ortho intramolecular Hbond substituents is 2. The molecule has 102 valence electrons. The van der Waals surface area contributed by atoms with Crippen LogP contribution in [0.2, 0.25) is 0 Å². The molecule has 0 aliphatic rings. The van der Waals surface area contributed by atoms with Gasteiger partial charge in [-0.3, -0.25) is 9.59 Å². The molecule has 0 fully saturated rings. The summed E-state index contributed by atoms with van der Waals surface area (Å²) in [6.45, 7) is 0. The van der Waals surface area contributed by atoms with Gasteiger partial charge in [-0.2, -0.15) is 0 Å². The Kier molecular flexibility index (Phi) is 4.15. The summed E-state index contributed by atoms with van der Waals surface area (Å²) in [5.41, 5.74) is 0.947. The van der Waals surface area contributed by atoms with E-state index in [0.29, 0.717) is 11.1 Å². The highest BCUT2D eigenvalue weighted by Crippen LogP contribution is 2.15. The molecule has 2 aromatic rings. The van der Waals surface area contributed by atoms with Gasteiger partial charge in [0.25, 0.3) is 0 Å². The van der Waals surface area contributed by atoms with Crippen molar-refractivity contribution in [1.29, 1.82) is 0 Å². The van der Waals surface area contributed by atoms with Crippen LogP contribution in [0.1, 0.15) is 33.6 Å². The predicted octanol–water partition coefficient (Wildman–Crippen LogP) is 2.94. The Morgan fingerprint density at radius 1 is 0.650 bits per heavy atom. The maximum atomic E-state index is 11.9. The lowest BCUT2D eigenvalue weighted by molar-refractivity contribution is 0.0917. The van der Waals surface area contributed by atoms with Crippen molar-refractivity contribution in [3.05, 3.63) is 59.7 Å². The fourth-order valence-electron chi connectivity index (χ4n) is 1.81. The van der Waals surface area contributed by atoms with Crippen LogP contribution in [0.4, 0.5) is 0 Å². The van der Waals surface area contributed by atoms with E-state index in [2.05, 4.69) is 0 Å². The van der Waals surface area contributed by atoms with Gasteiger partial charge in [0.05, 0.1) is 0 Å². The van der Waals surface area contributed by atoms with E-state index in [1.165, 1.54) is 48.5 Å². The first-order chi connectivity index (χ1) is 9.56. The predicted molar refractivity (Wildman–Crippen MR) is 74.1 cm³/mol. The molecule has 4 nitrogen and oxygen atoms in total. The summed E-state index contributed by atoms with van der Waals surface area (Å²) >= 11 is 0. The van der Waals surface area contributed by atoms with E-state index in [4.69, 9.17) is 10.2 Å². The number of Topliss-reactive ketones (excluding diaryl/α,β-unsaturated/α-hetero) is 2. The molecular formula is C16H14O4. The van der Waals surface area contributed by atoms with E-state index in [-0.39, 0.29) is 35.9 Å². The zero-order valence-electron chi connectivity index (χ0n) is 10.7. The highest BCUT2D eigenvalue weighted by molar-refractivity contribution is 6.02. The lowest BCUT2D eigenvalue weighted by Crippen LogP contribution is -2.05. The summed E-state index contributed by atoms with van der Waals surface area (Å²) in [5.74, 6) is -0.0855. The van der Waals surface area contributed by atoms with E-state index in [1.807, 2.05) is 0 Å². The largest absolute Gasteiger partial charge is 0.508 e. The lowest BCUT2D eigenvalue weighted by Gasteiger charge is -2.02. The molecule has 2 rings (SSSR count). The van der Waals surface area contributed by atoms with Crippen LogP contribution in [-0.2, 0) is 0 Å². The molecule has 0 aliphatic carbocycles. The molecule has 4 heteroatoms. The van der Waals surface area contributed by atoms with E-state index in [0.717, 1.165) is 0 Å². The third kappa shape index (κ3) is 3.45. The fourth-order valence-corrected chi connectivity index (χ4v) is 1.81. The van der Waals surface area contributed by atoms with Gasteiger partial charge in [0.1, 0.15) is 11.5 Å². The molecule has 0 radical (unpaired) electrons. The molecule has 0 atom stereocenters. The van der Waals surface area contributed by atoms with Crippen molar-refractivity contribution >= 4 is 11.6 Å². The van der Waals surface area contributed by atoms with E-state index >= 15 is 0 Å². The standard InChI is InChI=1S/C16H14O4/c17-13-5-1-11(2-6-13)15(19)9-10-16(20)12-3-7-14(18)8-4-12/h1-8,17-18H,9-10H2. The van der Waals surface area contributed by atoms with Crippen LogP contribution in [0, 0.1) is 0 Å². The fraction of sp³-hybridized carbons (Fsp3) is 0.125. The SMILES string of the molecule is O=C(CCC(=O)c1ccc(O)cc1)c1ccc(O)cc1. The molecule has 2 N–H and O–H groups in total. The highest BCUT2D eigenvalue weighted by atomic mass is 16.3. The maximum absolute atomic E-state index is 11.9. The molecular weight excluding hydrogens is 256 g/mol. The quantitative estimate of drug-likeness (QED) is 0.819. The van der Waals surface area contributed by atoms with Crippen LogP contribution in [0.5, 0.6) is 11.5 Å². The number of ketones is 2. The zero-order valence-corrected chi connectivity index (χ0v) is 10.7. The second-order valence-corrected chi connectivity index (χ2v) is 4.44. The Bertz CT molecular complexity index is 554. The Morgan fingerprint density at radius 2 is 0.950 bits per heavy atom. The van der Waals surface area contributed by atoms with Gasteiger partial charge in [-0.05, 0) is 48.5 Å². The zero-order chi connectivity index (χ0) is 14.5. The summed E-state index contributed by atoms with van der Waals surface area (Å²) in [6, 6.07) is 11.9. The lowest BCUT2D eigenvalue weighted by atomic mass is 10.0. The topological polar surface area (TPSA) is 74.6 Å². The molecule has 0 bridgehead atoms. The Labute approximate surface area is 116 Å². The highest BCUT2D eigenvalue weighted by Gasteiger charge is 2.11. The van der Waals surface area contributed by atoms with Gasteiger partial charge in [0.2, 0.25) is 0 Å². The summed E-state index contributed by atoms with van der Waals surface area (Å²) < 4.78 is 0. The molecule has 0 amide bonds. The number of carbonyl (C=O) groups excluding carboxylic acids is 2. The van der Waals surface area contributed by atoms with Crippen LogP contribution in [0.15, 0.2) is 48.5 Å². The van der Waals surface area contributed by atoms with Gasteiger partial charge in [-0.1, -0.05) is 0 Å². The number of rotatable bonds is 5. The van der Waals surface area contributed by atoms with Crippen LogP contribution in [0.3, 0.4) is 0 Å². The monoisotopic (exact) mass is 270 g/mol. The first-order valence-corrected chi connectivity index (χ1v) is 6.21. The smallest absolute Gasteiger partial charge is 0.163 e. The molecule has 0 saturated heterocycles. The average molecular weight is 270 g/mol. The number of hydrogen-bond donors (Lipinski definition) is 2. The summed E-state index contributed by atoms with van der Waals surface area (Å²) in [4.78, 5) is 23.7. The van der Waals surface area contributed by atoms with Crippen LogP contribution in [-0.4, -0.2) is 21.8 Å². The molecule has 0 saturated carbocycles. The first-order valence-electron chi connectivity index (χ1n) is 6.21. The van der Waals surface area contributed by atoms with Gasteiger partial charge in [0, 0.05) is 24.0 Å². The second-order valence-electron chi connectivity index (χ2n) is 4.44. The second kappa shape index (κ2) is 6.02. The number of benzene rings is 2. The summed E-state index contributed by atoms with van der Waals surface area (Å²) in [7, 11) is 0. The van der Waals surface area contributed by atoms with Gasteiger partial charge < -0.3 is 10.2 Å². The number of phenols is 2. The minimum Gasteiger partial charge on any atom is -0.508 e. The number of aromatic hydroxyl groups is 2. The van der Waals surface area contributed by atoms with Gasteiger partial charge in [-0.25, -0.2) is 0 Å². The van der Waals surface area contributed by atoms with Crippen LogP contribution >= 0.6 is 0 Å². The average Bonchev–Trinajstić information content (AvgIpc) is 2.46. The Hall–Kier alpha value is -2.62. The van der Waals surface area contributed by atoms with E-state index < -0.39 is 0 Å². The van der Waals surface area contributed by atoms with E-state index in [1.54, 1.807) is 0 Å². The van der Waals surface area contributed by atoms with Gasteiger partial charge in [0.15, 0.2) is 11.6 Å². The van der Waals surface area contributed by atoms with Crippen molar-refractivity contribution in [3.63, 3.8) is 0 Å². The third-order valence-corrected chi connectivity index (χ3v) is 2.96. The van der Waals surface area contributed by atoms with Crippen molar-refractivity contribution < 1.29 is 19.8 Å². The van der Waals surface area contributed by atoms with Crippen molar-refractivity contribution in [3.8, 4) is 11.5 Å². The van der Waals surface area contributed by atoms with Gasteiger partial charge >= 0.3 is 0 Å². The minimum absolute atomic E-state index is 0.0988. The van der Waals surface area contributed by atoms with Crippen LogP contribution in [0.25, 0.3) is 0 Å². The van der Waals surface area contributed by atoms with Crippen molar-refractivity contribution in [1.82, 2.24) is 0 Å².